The Morgan fingerprint density at radius 1 is 1.53 bits per heavy atom. The van der Waals surface area contributed by atoms with E-state index in [-0.39, 0.29) is 18.2 Å². The first-order valence-electron chi connectivity index (χ1n) is 5.18. The molecule has 2 aliphatic rings. The molecule has 1 unspecified atom stereocenters. The third-order valence-corrected chi connectivity index (χ3v) is 2.66. The summed E-state index contributed by atoms with van der Waals surface area (Å²) >= 11 is 0. The number of likely N-dealkylation sites (tertiary alicyclic amines) is 1. The van der Waals surface area contributed by atoms with Crippen LogP contribution in [0.25, 0.3) is 0 Å². The first-order valence-corrected chi connectivity index (χ1v) is 5.18. The number of rotatable bonds is 0. The Bertz CT molecular complexity index is 273. The largest absolute Gasteiger partial charge is 0.444 e. The van der Waals surface area contributed by atoms with Crippen LogP contribution in [0.5, 0.6) is 0 Å². The maximum atomic E-state index is 11.7. The topological polar surface area (TPSA) is 59.0 Å². The maximum Gasteiger partial charge on any atom is 0.410 e. The SMILES string of the molecule is CC(C)(C)OC(=O)N1C[C@H]2OC[C@@H]1C2O. The Morgan fingerprint density at radius 2 is 2.20 bits per heavy atom. The minimum atomic E-state index is -0.558. The van der Waals surface area contributed by atoms with Gasteiger partial charge in [0.05, 0.1) is 19.2 Å². The predicted octanol–water partition coefficient (Wildman–Crippen LogP) is 0.365. The van der Waals surface area contributed by atoms with Crippen LogP contribution in [0.4, 0.5) is 4.79 Å². The number of carbonyl (C=O) groups excluding carboxylic acids is 1. The van der Waals surface area contributed by atoms with Crippen molar-refractivity contribution < 1.29 is 19.4 Å². The minimum absolute atomic E-state index is 0.232. The third-order valence-electron chi connectivity index (χ3n) is 2.66. The number of fused-ring (bicyclic) bond motifs is 2. The molecule has 1 amide bonds. The van der Waals surface area contributed by atoms with E-state index >= 15 is 0 Å². The van der Waals surface area contributed by atoms with E-state index in [1.165, 1.54) is 0 Å². The van der Waals surface area contributed by atoms with Gasteiger partial charge in [-0.15, -0.1) is 0 Å². The average molecular weight is 215 g/mol. The Hall–Kier alpha value is -0.810. The first kappa shape index (κ1) is 10.7. The predicted molar refractivity (Wildman–Crippen MR) is 52.5 cm³/mol. The van der Waals surface area contributed by atoms with Gasteiger partial charge in [-0.25, -0.2) is 4.79 Å². The number of amides is 1. The van der Waals surface area contributed by atoms with Crippen LogP contribution in [0.15, 0.2) is 0 Å². The third kappa shape index (κ3) is 1.94. The Kier molecular flexibility index (Phi) is 2.39. The van der Waals surface area contributed by atoms with Crippen molar-refractivity contribution in [3.8, 4) is 0 Å². The molecule has 3 atom stereocenters. The fourth-order valence-electron chi connectivity index (χ4n) is 1.96. The minimum Gasteiger partial charge on any atom is -0.444 e. The highest BCUT2D eigenvalue weighted by Gasteiger charge is 2.50. The van der Waals surface area contributed by atoms with Crippen molar-refractivity contribution in [2.75, 3.05) is 13.2 Å². The number of morpholine rings is 1. The molecule has 0 aliphatic carbocycles. The van der Waals surface area contributed by atoms with Gasteiger partial charge in [-0.1, -0.05) is 0 Å². The van der Waals surface area contributed by atoms with E-state index in [1.807, 2.05) is 20.8 Å². The van der Waals surface area contributed by atoms with E-state index in [0.717, 1.165) is 0 Å². The molecule has 86 valence electrons. The van der Waals surface area contributed by atoms with Gasteiger partial charge < -0.3 is 14.6 Å². The van der Waals surface area contributed by atoms with Crippen molar-refractivity contribution in [3.05, 3.63) is 0 Å². The lowest BCUT2D eigenvalue weighted by Crippen LogP contribution is -2.45. The van der Waals surface area contributed by atoms with Crippen LogP contribution >= 0.6 is 0 Å². The summed E-state index contributed by atoms with van der Waals surface area (Å²) in [6, 6.07) is -0.232. The van der Waals surface area contributed by atoms with Gasteiger partial charge in [0.15, 0.2) is 0 Å². The number of ether oxygens (including phenoxy) is 2. The van der Waals surface area contributed by atoms with Crippen LogP contribution in [0, 0.1) is 0 Å². The number of hydrogen-bond donors (Lipinski definition) is 1. The van der Waals surface area contributed by atoms with E-state index in [4.69, 9.17) is 9.47 Å². The average Bonchev–Trinajstić information content (AvgIpc) is 2.59. The zero-order valence-corrected chi connectivity index (χ0v) is 9.27. The van der Waals surface area contributed by atoms with Gasteiger partial charge in [0, 0.05) is 0 Å². The van der Waals surface area contributed by atoms with E-state index in [9.17, 15) is 9.90 Å². The van der Waals surface area contributed by atoms with E-state index in [1.54, 1.807) is 4.90 Å². The highest BCUT2D eigenvalue weighted by molar-refractivity contribution is 5.69. The molecule has 2 aliphatic heterocycles. The molecule has 0 radical (unpaired) electrons. The van der Waals surface area contributed by atoms with Crippen molar-refractivity contribution in [1.29, 1.82) is 0 Å². The second-order valence-electron chi connectivity index (χ2n) is 5.06. The summed E-state index contributed by atoms with van der Waals surface area (Å²) in [6.45, 7) is 6.32. The van der Waals surface area contributed by atoms with E-state index in [0.29, 0.717) is 13.2 Å². The molecular formula is C10H17NO4. The first-order chi connectivity index (χ1) is 6.88. The van der Waals surface area contributed by atoms with E-state index in [2.05, 4.69) is 0 Å². The lowest BCUT2D eigenvalue weighted by molar-refractivity contribution is -0.00922. The number of aliphatic hydroxyl groups is 1. The van der Waals surface area contributed by atoms with E-state index < -0.39 is 11.7 Å². The van der Waals surface area contributed by atoms with Crippen molar-refractivity contribution in [1.82, 2.24) is 4.90 Å². The molecular weight excluding hydrogens is 198 g/mol. The number of hydrogen-bond acceptors (Lipinski definition) is 4. The number of carbonyl (C=O) groups is 1. The van der Waals surface area contributed by atoms with Gasteiger partial charge in [0.2, 0.25) is 0 Å². The Labute approximate surface area is 89.0 Å². The Morgan fingerprint density at radius 3 is 2.60 bits per heavy atom. The molecule has 5 nitrogen and oxygen atoms in total. The number of nitrogens with zero attached hydrogens (tertiary/aromatic N) is 1. The summed E-state index contributed by atoms with van der Waals surface area (Å²) < 4.78 is 10.5. The summed E-state index contributed by atoms with van der Waals surface area (Å²) in [5.74, 6) is 0. The normalized spacial score (nSPS) is 34.7. The van der Waals surface area contributed by atoms with Crippen molar-refractivity contribution in [2.24, 2.45) is 0 Å². The summed E-state index contributed by atoms with van der Waals surface area (Å²) in [5.41, 5.74) is -0.495. The molecule has 2 heterocycles. The van der Waals surface area contributed by atoms with Gasteiger partial charge in [0.25, 0.3) is 0 Å². The van der Waals surface area contributed by atoms with Crippen LogP contribution in [0.3, 0.4) is 0 Å². The van der Waals surface area contributed by atoms with Crippen LogP contribution < -0.4 is 0 Å². The maximum absolute atomic E-state index is 11.7. The molecule has 0 saturated carbocycles. The fraction of sp³-hybridized carbons (Fsp3) is 0.900. The zero-order valence-electron chi connectivity index (χ0n) is 9.27. The molecule has 2 saturated heterocycles. The molecule has 0 spiro atoms. The highest BCUT2D eigenvalue weighted by atomic mass is 16.6. The molecule has 2 bridgehead atoms. The zero-order chi connectivity index (χ0) is 11.2. The summed E-state index contributed by atoms with van der Waals surface area (Å²) in [7, 11) is 0. The quantitative estimate of drug-likeness (QED) is 0.634. The summed E-state index contributed by atoms with van der Waals surface area (Å²) in [5, 5.41) is 9.67. The lowest BCUT2D eigenvalue weighted by atomic mass is 10.2. The van der Waals surface area contributed by atoms with Crippen molar-refractivity contribution >= 4 is 6.09 Å². The monoisotopic (exact) mass is 215 g/mol. The Balaban J connectivity index is 1.99. The van der Waals surface area contributed by atoms with Gasteiger partial charge in [-0.2, -0.15) is 0 Å². The molecule has 2 fully saturated rings. The smallest absolute Gasteiger partial charge is 0.410 e. The lowest BCUT2D eigenvalue weighted by Gasteiger charge is -2.29. The van der Waals surface area contributed by atoms with Crippen molar-refractivity contribution in [3.63, 3.8) is 0 Å². The van der Waals surface area contributed by atoms with Crippen LogP contribution in [-0.4, -0.2) is 53.1 Å². The molecule has 0 aromatic rings. The van der Waals surface area contributed by atoms with Crippen molar-refractivity contribution in [2.45, 2.75) is 44.6 Å². The molecule has 5 heteroatoms. The summed E-state index contributed by atoms with van der Waals surface area (Å²) in [4.78, 5) is 13.3. The van der Waals surface area contributed by atoms with Crippen LogP contribution in [0.2, 0.25) is 0 Å². The second-order valence-corrected chi connectivity index (χ2v) is 5.06. The summed E-state index contributed by atoms with van der Waals surface area (Å²) in [6.07, 6.45) is -1.16. The molecule has 0 aromatic heterocycles. The fourth-order valence-corrected chi connectivity index (χ4v) is 1.96. The molecule has 0 aromatic carbocycles. The van der Waals surface area contributed by atoms with Gasteiger partial charge in [0.1, 0.15) is 17.8 Å². The number of aliphatic hydroxyl groups excluding tert-OH is 1. The molecule has 2 rings (SSSR count). The van der Waals surface area contributed by atoms with Crippen LogP contribution in [-0.2, 0) is 9.47 Å². The van der Waals surface area contributed by atoms with Gasteiger partial charge >= 0.3 is 6.09 Å². The standard InChI is InChI=1S/C10H17NO4/c1-10(2,3)15-9(13)11-4-7-8(12)6(11)5-14-7/h6-8,12H,4-5H2,1-3H3/t6-,7-,8?/m1/s1. The highest BCUT2D eigenvalue weighted by Crippen LogP contribution is 2.29. The van der Waals surface area contributed by atoms with Gasteiger partial charge in [-0.05, 0) is 20.8 Å². The molecule has 1 N–H and O–H groups in total. The van der Waals surface area contributed by atoms with Gasteiger partial charge in [-0.3, -0.25) is 4.90 Å². The molecule has 15 heavy (non-hydrogen) atoms. The van der Waals surface area contributed by atoms with Crippen LogP contribution in [0.1, 0.15) is 20.8 Å². The second kappa shape index (κ2) is 3.35.